The van der Waals surface area contributed by atoms with Crippen molar-refractivity contribution >= 4 is 11.3 Å². The first-order chi connectivity index (χ1) is 8.06. The normalized spacial score (nSPS) is 12.7. The maximum absolute atomic E-state index is 13.1. The van der Waals surface area contributed by atoms with Gasteiger partial charge in [-0.2, -0.15) is 0 Å². The number of benzene rings is 1. The molecule has 0 fully saturated rings. The van der Waals surface area contributed by atoms with Crippen molar-refractivity contribution in [3.8, 4) is 11.3 Å². The molecule has 2 N–H and O–H groups in total. The van der Waals surface area contributed by atoms with Crippen LogP contribution >= 0.6 is 11.3 Å². The van der Waals surface area contributed by atoms with Crippen LogP contribution in [0.25, 0.3) is 11.3 Å². The molecule has 1 unspecified atom stereocenters. The van der Waals surface area contributed by atoms with E-state index in [1.807, 2.05) is 12.3 Å². The number of halogens is 2. The summed E-state index contributed by atoms with van der Waals surface area (Å²) in [7, 11) is 0. The minimum absolute atomic E-state index is 0.0407. The Morgan fingerprint density at radius 2 is 2.12 bits per heavy atom. The summed E-state index contributed by atoms with van der Waals surface area (Å²) in [5.74, 6) is -1.70. The van der Waals surface area contributed by atoms with Crippen LogP contribution in [-0.2, 0) is 6.42 Å². The van der Waals surface area contributed by atoms with E-state index in [1.54, 1.807) is 0 Å². The van der Waals surface area contributed by atoms with Crippen LogP contribution in [0.15, 0.2) is 23.6 Å². The first-order valence-corrected chi connectivity index (χ1v) is 6.09. The molecule has 2 rings (SSSR count). The van der Waals surface area contributed by atoms with Gasteiger partial charge in [-0.15, -0.1) is 11.3 Å². The third kappa shape index (κ3) is 2.87. The lowest BCUT2D eigenvalue weighted by Gasteiger charge is -2.00. The van der Waals surface area contributed by atoms with Crippen LogP contribution in [0.2, 0.25) is 0 Å². The van der Waals surface area contributed by atoms with Crippen molar-refractivity contribution in [1.29, 1.82) is 0 Å². The van der Waals surface area contributed by atoms with Crippen molar-refractivity contribution in [3.63, 3.8) is 0 Å². The van der Waals surface area contributed by atoms with Gasteiger partial charge in [-0.25, -0.2) is 13.8 Å². The van der Waals surface area contributed by atoms with E-state index in [9.17, 15) is 8.78 Å². The highest BCUT2D eigenvalue weighted by Crippen LogP contribution is 2.24. The van der Waals surface area contributed by atoms with Gasteiger partial charge in [0.2, 0.25) is 0 Å². The Morgan fingerprint density at radius 3 is 2.76 bits per heavy atom. The maximum atomic E-state index is 13.1. The molecule has 0 radical (unpaired) electrons. The van der Waals surface area contributed by atoms with E-state index in [1.165, 1.54) is 17.4 Å². The quantitative estimate of drug-likeness (QED) is 0.914. The number of rotatable bonds is 3. The minimum atomic E-state index is -0.857. The molecule has 5 heteroatoms. The van der Waals surface area contributed by atoms with E-state index >= 15 is 0 Å². The lowest BCUT2D eigenvalue weighted by molar-refractivity contribution is 0.509. The van der Waals surface area contributed by atoms with E-state index in [4.69, 9.17) is 5.73 Å². The zero-order valence-electron chi connectivity index (χ0n) is 9.28. The Labute approximate surface area is 102 Å². The summed E-state index contributed by atoms with van der Waals surface area (Å²) in [4.78, 5) is 4.34. The molecular formula is C12H12F2N2S. The lowest BCUT2D eigenvalue weighted by Crippen LogP contribution is -2.17. The smallest absolute Gasteiger partial charge is 0.159 e. The molecule has 0 amide bonds. The molecular weight excluding hydrogens is 242 g/mol. The average Bonchev–Trinajstić information content (AvgIpc) is 2.69. The second-order valence-electron chi connectivity index (χ2n) is 3.94. The monoisotopic (exact) mass is 254 g/mol. The van der Waals surface area contributed by atoms with Gasteiger partial charge in [0.1, 0.15) is 0 Å². The molecule has 1 heterocycles. The molecule has 0 aliphatic rings. The second-order valence-corrected chi connectivity index (χ2v) is 4.88. The van der Waals surface area contributed by atoms with Crippen LogP contribution in [0.3, 0.4) is 0 Å². The van der Waals surface area contributed by atoms with E-state index in [0.717, 1.165) is 17.1 Å². The number of nitrogens with two attached hydrogens (primary N) is 1. The number of aromatic nitrogens is 1. The van der Waals surface area contributed by atoms with Crippen molar-refractivity contribution in [1.82, 2.24) is 4.98 Å². The Hall–Kier alpha value is -1.33. The largest absolute Gasteiger partial charge is 0.328 e. The fourth-order valence-corrected chi connectivity index (χ4v) is 2.41. The van der Waals surface area contributed by atoms with Gasteiger partial charge in [-0.05, 0) is 25.1 Å². The minimum Gasteiger partial charge on any atom is -0.328 e. The molecule has 0 saturated heterocycles. The van der Waals surface area contributed by atoms with Gasteiger partial charge in [0.05, 0.1) is 10.7 Å². The fraction of sp³-hybridized carbons (Fsp3) is 0.250. The van der Waals surface area contributed by atoms with Gasteiger partial charge in [0.25, 0.3) is 0 Å². The highest BCUT2D eigenvalue weighted by Gasteiger charge is 2.09. The number of thiazole rings is 1. The van der Waals surface area contributed by atoms with Gasteiger partial charge in [-0.1, -0.05) is 0 Å². The summed E-state index contributed by atoms with van der Waals surface area (Å²) in [6.45, 7) is 1.90. The highest BCUT2D eigenvalue weighted by atomic mass is 32.1. The molecule has 2 nitrogen and oxygen atoms in total. The molecule has 0 saturated carbocycles. The molecule has 0 bridgehead atoms. The van der Waals surface area contributed by atoms with Crippen molar-refractivity contribution in [2.75, 3.05) is 0 Å². The van der Waals surface area contributed by atoms with Crippen molar-refractivity contribution in [3.05, 3.63) is 40.2 Å². The van der Waals surface area contributed by atoms with Gasteiger partial charge in [0, 0.05) is 23.4 Å². The Balaban J connectivity index is 2.27. The molecule has 1 atom stereocenters. The van der Waals surface area contributed by atoms with Crippen LogP contribution in [0.4, 0.5) is 8.78 Å². The summed E-state index contributed by atoms with van der Waals surface area (Å²) in [5, 5.41) is 2.73. The molecule has 90 valence electrons. The van der Waals surface area contributed by atoms with Crippen molar-refractivity contribution in [2.24, 2.45) is 5.73 Å². The van der Waals surface area contributed by atoms with Crippen LogP contribution in [0.5, 0.6) is 0 Å². The predicted octanol–water partition coefficient (Wildman–Crippen LogP) is 2.98. The second kappa shape index (κ2) is 4.89. The van der Waals surface area contributed by atoms with Crippen molar-refractivity contribution < 1.29 is 8.78 Å². The van der Waals surface area contributed by atoms with Crippen molar-refractivity contribution in [2.45, 2.75) is 19.4 Å². The summed E-state index contributed by atoms with van der Waals surface area (Å²) in [6, 6.07) is 3.82. The fourth-order valence-electron chi connectivity index (χ4n) is 1.47. The van der Waals surface area contributed by atoms with Gasteiger partial charge >= 0.3 is 0 Å². The highest BCUT2D eigenvalue weighted by molar-refractivity contribution is 7.09. The zero-order chi connectivity index (χ0) is 12.4. The third-order valence-electron chi connectivity index (χ3n) is 2.26. The van der Waals surface area contributed by atoms with Gasteiger partial charge in [0.15, 0.2) is 11.6 Å². The Kier molecular flexibility index (Phi) is 3.49. The lowest BCUT2D eigenvalue weighted by atomic mass is 10.1. The number of hydrogen-bond donors (Lipinski definition) is 1. The van der Waals surface area contributed by atoms with Crippen LogP contribution in [0, 0.1) is 11.6 Å². The SMILES string of the molecule is CC(N)Cc1nc(-c2ccc(F)c(F)c2)cs1. The third-order valence-corrected chi connectivity index (χ3v) is 3.13. The molecule has 0 aliphatic heterocycles. The molecule has 1 aromatic heterocycles. The maximum Gasteiger partial charge on any atom is 0.159 e. The number of hydrogen-bond acceptors (Lipinski definition) is 3. The van der Waals surface area contributed by atoms with E-state index < -0.39 is 11.6 Å². The molecule has 0 spiro atoms. The number of nitrogens with zero attached hydrogens (tertiary/aromatic N) is 1. The molecule has 1 aromatic carbocycles. The van der Waals surface area contributed by atoms with Gasteiger partial charge < -0.3 is 5.73 Å². The Morgan fingerprint density at radius 1 is 1.35 bits per heavy atom. The Bertz CT molecular complexity index is 523. The standard InChI is InChI=1S/C12H12F2N2S/c1-7(15)4-12-16-11(6-17-12)8-2-3-9(13)10(14)5-8/h2-3,5-7H,4,15H2,1H3. The molecule has 2 aromatic rings. The average molecular weight is 254 g/mol. The van der Waals surface area contributed by atoms with Crippen LogP contribution < -0.4 is 5.73 Å². The predicted molar refractivity (Wildman–Crippen MR) is 64.8 cm³/mol. The first-order valence-electron chi connectivity index (χ1n) is 5.21. The van der Waals surface area contributed by atoms with E-state index in [2.05, 4.69) is 4.98 Å². The van der Waals surface area contributed by atoms with Crippen LogP contribution in [0.1, 0.15) is 11.9 Å². The molecule has 0 aliphatic carbocycles. The van der Waals surface area contributed by atoms with Gasteiger partial charge in [-0.3, -0.25) is 0 Å². The summed E-state index contributed by atoms with van der Waals surface area (Å²) in [5.41, 5.74) is 6.91. The van der Waals surface area contributed by atoms with Crippen LogP contribution in [-0.4, -0.2) is 11.0 Å². The van der Waals surface area contributed by atoms with E-state index in [0.29, 0.717) is 17.7 Å². The van der Waals surface area contributed by atoms with E-state index in [-0.39, 0.29) is 6.04 Å². The molecule has 17 heavy (non-hydrogen) atoms. The topological polar surface area (TPSA) is 38.9 Å². The summed E-state index contributed by atoms with van der Waals surface area (Å²) < 4.78 is 25.8. The zero-order valence-corrected chi connectivity index (χ0v) is 10.1. The summed E-state index contributed by atoms with van der Waals surface area (Å²) >= 11 is 1.48. The first kappa shape index (κ1) is 12.1. The summed E-state index contributed by atoms with van der Waals surface area (Å²) in [6.07, 6.45) is 0.689.